The van der Waals surface area contributed by atoms with Crippen LogP contribution in [-0.4, -0.2) is 0 Å². The summed E-state index contributed by atoms with van der Waals surface area (Å²) in [5, 5.41) is 0. The predicted octanol–water partition coefficient (Wildman–Crippen LogP) is 15.2. The zero-order valence-corrected chi connectivity index (χ0v) is 34.4. The molecular weight excluding hydrogens is 711 g/mol. The molecule has 0 N–H and O–H groups in total. The van der Waals surface area contributed by atoms with E-state index >= 15 is 0 Å². The third-order valence-electron chi connectivity index (χ3n) is 14.1. The zero-order chi connectivity index (χ0) is 39.9. The van der Waals surface area contributed by atoms with Crippen LogP contribution in [0.25, 0.3) is 33.4 Å². The Morgan fingerprint density at radius 3 is 1.85 bits per heavy atom. The molecule has 4 aliphatic carbocycles. The monoisotopic (exact) mass is 759 g/mol. The van der Waals surface area contributed by atoms with Gasteiger partial charge in [-0.25, -0.2) is 0 Å². The number of aryl methyl sites for hydroxylation is 1. The summed E-state index contributed by atoms with van der Waals surface area (Å²) in [5.41, 5.74) is 22.6. The van der Waals surface area contributed by atoms with Crippen molar-refractivity contribution < 1.29 is 0 Å². The lowest BCUT2D eigenvalue weighted by molar-refractivity contribution is 0.394. The van der Waals surface area contributed by atoms with Crippen LogP contribution in [0, 0.1) is 5.92 Å². The van der Waals surface area contributed by atoms with E-state index in [-0.39, 0.29) is 10.8 Å². The predicted molar refractivity (Wildman–Crippen MR) is 249 cm³/mol. The molecule has 4 aliphatic rings. The highest BCUT2D eigenvalue weighted by molar-refractivity contribution is 6.02. The highest BCUT2D eigenvalue weighted by Crippen LogP contribution is 2.55. The molecule has 0 heterocycles. The molecule has 0 spiro atoms. The summed E-state index contributed by atoms with van der Waals surface area (Å²) in [6.45, 7) is 9.61. The second kappa shape index (κ2) is 13.6. The van der Waals surface area contributed by atoms with Crippen molar-refractivity contribution in [1.29, 1.82) is 0 Å². The summed E-state index contributed by atoms with van der Waals surface area (Å²) >= 11 is 0. The fourth-order valence-corrected chi connectivity index (χ4v) is 11.0. The number of rotatable bonds is 6. The zero-order valence-electron chi connectivity index (χ0n) is 34.4. The van der Waals surface area contributed by atoms with Gasteiger partial charge in [-0.05, 0) is 145 Å². The van der Waals surface area contributed by atoms with Gasteiger partial charge in [0.05, 0.1) is 0 Å². The van der Waals surface area contributed by atoms with Crippen LogP contribution in [-0.2, 0) is 17.3 Å². The molecule has 2 atom stereocenters. The smallest absolute Gasteiger partial charge is 0.0464 e. The van der Waals surface area contributed by atoms with Crippen molar-refractivity contribution >= 4 is 28.2 Å². The first kappa shape index (κ1) is 35.7. The molecule has 0 aromatic heterocycles. The molecule has 0 radical (unpaired) electrons. The number of benzene rings is 7. The molecule has 0 fully saturated rings. The Morgan fingerprint density at radius 1 is 0.458 bits per heavy atom. The second-order valence-corrected chi connectivity index (χ2v) is 18.1. The Hall–Kier alpha value is -6.44. The van der Waals surface area contributed by atoms with Gasteiger partial charge in [0, 0.05) is 28.4 Å². The summed E-state index contributed by atoms with van der Waals surface area (Å²) in [5.74, 6) is 0.887. The maximum absolute atomic E-state index is 2.50. The maximum Gasteiger partial charge on any atom is 0.0464 e. The minimum atomic E-state index is -0.0561. The number of hydrogen-bond donors (Lipinski definition) is 0. The molecule has 286 valence electrons. The number of hydrogen-bond acceptors (Lipinski definition) is 1. The molecule has 0 bridgehead atoms. The van der Waals surface area contributed by atoms with Gasteiger partial charge in [-0.2, -0.15) is 0 Å². The molecule has 1 nitrogen and oxygen atoms in total. The van der Waals surface area contributed by atoms with Gasteiger partial charge in [-0.3, -0.25) is 0 Å². The SMILES string of the molecule is CC1(C)c2ccccc2-c2ccc(C3=C(c4ccc(N(c5ccc(-c6ccccc6)cc5)c5ccc6c(c5)C(C)(C)C5C=CC=CC65)cc4)CCc4ccccc43)cc21. The largest absolute Gasteiger partial charge is 0.310 e. The molecule has 11 rings (SSSR count). The van der Waals surface area contributed by atoms with Crippen molar-refractivity contribution in [2.75, 3.05) is 4.90 Å². The quantitative estimate of drug-likeness (QED) is 0.163. The lowest BCUT2D eigenvalue weighted by atomic mass is 9.74. The van der Waals surface area contributed by atoms with E-state index in [9.17, 15) is 0 Å². The number of allylic oxidation sites excluding steroid dienone is 5. The Labute approximate surface area is 349 Å². The Balaban J connectivity index is 1.03. The Bertz CT molecular complexity index is 2860. The standard InChI is InChI=1S/C58H49N/c1-57(2)52-20-12-10-18-48(52)50-34-27-42(36-54(50)57)56-46-17-9-8-16-40(46)26-33-47(56)41-24-30-44(31-25-41)59(43-28-22-39(23-29-43)38-14-6-5-7-15-38)45-32-35-51-49-19-11-13-21-53(49)58(3,4)55(51)37-45/h5-25,27-32,34-37,49,53H,26,33H2,1-4H3. The average molecular weight is 760 g/mol. The molecule has 7 aromatic carbocycles. The average Bonchev–Trinajstić information content (AvgIpc) is 3.66. The van der Waals surface area contributed by atoms with Crippen LogP contribution in [0.3, 0.4) is 0 Å². The van der Waals surface area contributed by atoms with E-state index in [2.05, 4.69) is 221 Å². The highest BCUT2D eigenvalue weighted by atomic mass is 15.1. The number of anilines is 3. The van der Waals surface area contributed by atoms with E-state index in [1.165, 1.54) is 83.6 Å². The van der Waals surface area contributed by atoms with Gasteiger partial charge < -0.3 is 4.90 Å². The van der Waals surface area contributed by atoms with Gasteiger partial charge in [-0.1, -0.05) is 173 Å². The van der Waals surface area contributed by atoms with Crippen molar-refractivity contribution in [2.45, 2.75) is 57.3 Å². The van der Waals surface area contributed by atoms with Crippen LogP contribution < -0.4 is 4.90 Å². The molecule has 7 aromatic rings. The minimum Gasteiger partial charge on any atom is -0.310 e. The summed E-state index contributed by atoms with van der Waals surface area (Å²) in [6.07, 6.45) is 11.3. The van der Waals surface area contributed by atoms with Gasteiger partial charge >= 0.3 is 0 Å². The van der Waals surface area contributed by atoms with Crippen molar-refractivity contribution in [2.24, 2.45) is 5.92 Å². The normalized spacial score (nSPS) is 18.8. The van der Waals surface area contributed by atoms with E-state index in [1.807, 2.05) is 0 Å². The van der Waals surface area contributed by atoms with Crippen LogP contribution in [0.15, 0.2) is 188 Å². The first-order valence-corrected chi connectivity index (χ1v) is 21.4. The van der Waals surface area contributed by atoms with Crippen molar-refractivity contribution in [3.8, 4) is 22.3 Å². The van der Waals surface area contributed by atoms with E-state index in [1.54, 1.807) is 0 Å². The van der Waals surface area contributed by atoms with Crippen LogP contribution in [0.4, 0.5) is 17.1 Å². The highest BCUT2D eigenvalue weighted by Gasteiger charge is 2.44. The van der Waals surface area contributed by atoms with Crippen LogP contribution in [0.2, 0.25) is 0 Å². The fourth-order valence-electron chi connectivity index (χ4n) is 11.0. The molecule has 59 heavy (non-hydrogen) atoms. The summed E-state index contributed by atoms with van der Waals surface area (Å²) in [7, 11) is 0. The fraction of sp³-hybridized carbons (Fsp3) is 0.172. The summed E-state index contributed by atoms with van der Waals surface area (Å²) in [4.78, 5) is 2.45. The van der Waals surface area contributed by atoms with E-state index in [4.69, 9.17) is 0 Å². The molecular formula is C58H49N. The van der Waals surface area contributed by atoms with E-state index < -0.39 is 0 Å². The van der Waals surface area contributed by atoms with E-state index in [0.717, 1.165) is 24.2 Å². The number of nitrogens with zero attached hydrogens (tertiary/aromatic N) is 1. The van der Waals surface area contributed by atoms with Gasteiger partial charge in [0.2, 0.25) is 0 Å². The molecule has 0 amide bonds. The van der Waals surface area contributed by atoms with E-state index in [0.29, 0.717) is 11.8 Å². The van der Waals surface area contributed by atoms with Crippen LogP contribution >= 0.6 is 0 Å². The minimum absolute atomic E-state index is 0.0275. The number of fused-ring (bicyclic) bond motifs is 7. The van der Waals surface area contributed by atoms with Gasteiger partial charge in [0.25, 0.3) is 0 Å². The summed E-state index contributed by atoms with van der Waals surface area (Å²) in [6, 6.07) is 61.7. The lowest BCUT2D eigenvalue weighted by Gasteiger charge is -2.30. The lowest BCUT2D eigenvalue weighted by Crippen LogP contribution is -2.24. The molecule has 0 saturated carbocycles. The first-order valence-electron chi connectivity index (χ1n) is 21.4. The van der Waals surface area contributed by atoms with Crippen molar-refractivity contribution in [3.63, 3.8) is 0 Å². The molecule has 2 unspecified atom stereocenters. The Kier molecular flexibility index (Phi) is 8.21. The molecule has 1 heteroatoms. The second-order valence-electron chi connectivity index (χ2n) is 18.1. The topological polar surface area (TPSA) is 3.24 Å². The van der Waals surface area contributed by atoms with Gasteiger partial charge in [0.15, 0.2) is 0 Å². The van der Waals surface area contributed by atoms with Gasteiger partial charge in [0.1, 0.15) is 0 Å². The van der Waals surface area contributed by atoms with Crippen molar-refractivity contribution in [3.05, 3.63) is 233 Å². The molecule has 0 aliphatic heterocycles. The van der Waals surface area contributed by atoms with Crippen LogP contribution in [0.5, 0.6) is 0 Å². The molecule has 0 saturated heterocycles. The maximum atomic E-state index is 2.50. The summed E-state index contributed by atoms with van der Waals surface area (Å²) < 4.78 is 0. The first-order chi connectivity index (χ1) is 28.8. The third kappa shape index (κ3) is 5.66. The van der Waals surface area contributed by atoms with Crippen molar-refractivity contribution in [1.82, 2.24) is 0 Å². The Morgan fingerprint density at radius 2 is 1.07 bits per heavy atom. The third-order valence-corrected chi connectivity index (χ3v) is 14.1. The van der Waals surface area contributed by atoms with Crippen LogP contribution in [0.1, 0.15) is 84.5 Å². The van der Waals surface area contributed by atoms with Gasteiger partial charge in [-0.15, -0.1) is 0 Å².